The summed E-state index contributed by atoms with van der Waals surface area (Å²) in [6.07, 6.45) is 0. The molecule has 0 unspecified atom stereocenters. The van der Waals surface area contributed by atoms with Crippen molar-refractivity contribution in [1.82, 2.24) is 4.72 Å². The molecule has 5 nitrogen and oxygen atoms in total. The number of rotatable bonds is 5. The van der Waals surface area contributed by atoms with Gasteiger partial charge < -0.3 is 10.5 Å². The zero-order valence-electron chi connectivity index (χ0n) is 11.0. The fraction of sp³-hybridized carbons (Fsp3) is 0.143. The summed E-state index contributed by atoms with van der Waals surface area (Å²) in [5.74, 6) is 0.569. The maximum atomic E-state index is 12.0. The fourth-order valence-corrected chi connectivity index (χ4v) is 2.79. The van der Waals surface area contributed by atoms with Crippen molar-refractivity contribution in [3.8, 4) is 5.75 Å². The van der Waals surface area contributed by atoms with E-state index in [2.05, 4.69) is 4.72 Å². The van der Waals surface area contributed by atoms with Crippen LogP contribution in [0.2, 0.25) is 0 Å². The molecule has 0 aliphatic rings. The second-order valence-corrected chi connectivity index (χ2v) is 5.98. The van der Waals surface area contributed by atoms with Crippen molar-refractivity contribution in [2.75, 3.05) is 12.8 Å². The maximum Gasteiger partial charge on any atom is 0.240 e. The standard InChI is InChI=1S/C14H16N2O3S/c1-19-14-8-7-11(9-13(14)15)10-16-20(17,18)12-5-3-2-4-6-12/h2-9,16H,10,15H2,1H3. The summed E-state index contributed by atoms with van der Waals surface area (Å²) < 4.78 is 31.7. The molecule has 6 heteroatoms. The Morgan fingerprint density at radius 2 is 1.85 bits per heavy atom. The van der Waals surface area contributed by atoms with E-state index in [1.165, 1.54) is 7.11 Å². The molecule has 0 heterocycles. The summed E-state index contributed by atoms with van der Waals surface area (Å²) in [5, 5.41) is 0. The number of hydrogen-bond acceptors (Lipinski definition) is 4. The van der Waals surface area contributed by atoms with Gasteiger partial charge in [-0.25, -0.2) is 13.1 Å². The first-order chi connectivity index (χ1) is 9.53. The zero-order chi connectivity index (χ0) is 14.6. The average Bonchev–Trinajstić information content (AvgIpc) is 2.46. The number of ether oxygens (including phenoxy) is 1. The number of methoxy groups -OCH3 is 1. The van der Waals surface area contributed by atoms with Gasteiger partial charge in [0, 0.05) is 6.54 Å². The van der Waals surface area contributed by atoms with Gasteiger partial charge in [-0.1, -0.05) is 24.3 Å². The molecule has 3 N–H and O–H groups in total. The summed E-state index contributed by atoms with van der Waals surface area (Å²) in [7, 11) is -1.98. The SMILES string of the molecule is COc1ccc(CNS(=O)(=O)c2ccccc2)cc1N. The van der Waals surface area contributed by atoms with Crippen LogP contribution in [0.25, 0.3) is 0 Å². The van der Waals surface area contributed by atoms with Crippen LogP contribution in [0.4, 0.5) is 5.69 Å². The van der Waals surface area contributed by atoms with Crippen molar-refractivity contribution in [3.05, 3.63) is 54.1 Å². The molecule has 2 aromatic carbocycles. The first kappa shape index (κ1) is 14.4. The Kier molecular flexibility index (Phi) is 4.26. The molecule has 0 saturated heterocycles. The molecule has 106 valence electrons. The van der Waals surface area contributed by atoms with Crippen LogP contribution in [0, 0.1) is 0 Å². The highest BCUT2D eigenvalue weighted by Gasteiger charge is 2.13. The molecule has 0 saturated carbocycles. The number of nitrogens with two attached hydrogens (primary N) is 1. The highest BCUT2D eigenvalue weighted by molar-refractivity contribution is 7.89. The second kappa shape index (κ2) is 5.94. The van der Waals surface area contributed by atoms with Gasteiger partial charge >= 0.3 is 0 Å². The van der Waals surface area contributed by atoms with Crippen LogP contribution in [0.5, 0.6) is 5.75 Å². The van der Waals surface area contributed by atoms with E-state index in [1.807, 2.05) is 0 Å². The molecule has 0 amide bonds. The number of anilines is 1. The van der Waals surface area contributed by atoms with Gasteiger partial charge in [0.15, 0.2) is 0 Å². The molecule has 0 spiro atoms. The highest BCUT2D eigenvalue weighted by atomic mass is 32.2. The summed E-state index contributed by atoms with van der Waals surface area (Å²) in [6, 6.07) is 13.4. The molecule has 0 bridgehead atoms. The minimum atomic E-state index is -3.51. The minimum absolute atomic E-state index is 0.172. The van der Waals surface area contributed by atoms with Crippen molar-refractivity contribution in [1.29, 1.82) is 0 Å². The van der Waals surface area contributed by atoms with Gasteiger partial charge in [-0.3, -0.25) is 0 Å². The van der Waals surface area contributed by atoms with Crippen molar-refractivity contribution in [2.45, 2.75) is 11.4 Å². The van der Waals surface area contributed by atoms with Crippen LogP contribution >= 0.6 is 0 Å². The van der Waals surface area contributed by atoms with Crippen LogP contribution in [0.1, 0.15) is 5.56 Å². The van der Waals surface area contributed by atoms with E-state index < -0.39 is 10.0 Å². The summed E-state index contributed by atoms with van der Waals surface area (Å²) in [6.45, 7) is 0.172. The van der Waals surface area contributed by atoms with Crippen LogP contribution in [-0.2, 0) is 16.6 Å². The molecule has 0 aliphatic carbocycles. The predicted octanol–water partition coefficient (Wildman–Crippen LogP) is 1.76. The van der Waals surface area contributed by atoms with E-state index in [0.717, 1.165) is 5.56 Å². The number of nitrogen functional groups attached to an aromatic ring is 1. The predicted molar refractivity (Wildman–Crippen MR) is 77.9 cm³/mol. The topological polar surface area (TPSA) is 81.4 Å². The molecule has 0 radical (unpaired) electrons. The lowest BCUT2D eigenvalue weighted by molar-refractivity contribution is 0.417. The van der Waals surface area contributed by atoms with E-state index in [4.69, 9.17) is 10.5 Å². The Balaban J connectivity index is 2.11. The number of hydrogen-bond donors (Lipinski definition) is 2. The van der Waals surface area contributed by atoms with Gasteiger partial charge in [0.05, 0.1) is 17.7 Å². The van der Waals surface area contributed by atoms with Gasteiger partial charge in [-0.05, 0) is 29.8 Å². The third-order valence-electron chi connectivity index (χ3n) is 2.81. The molecule has 0 aromatic heterocycles. The van der Waals surface area contributed by atoms with Crippen LogP contribution < -0.4 is 15.2 Å². The second-order valence-electron chi connectivity index (χ2n) is 4.21. The smallest absolute Gasteiger partial charge is 0.240 e. The molecule has 0 atom stereocenters. The third-order valence-corrected chi connectivity index (χ3v) is 4.23. The summed E-state index contributed by atoms with van der Waals surface area (Å²) in [5.41, 5.74) is 7.02. The zero-order valence-corrected chi connectivity index (χ0v) is 11.9. The molecule has 2 aromatic rings. The van der Waals surface area contributed by atoms with E-state index >= 15 is 0 Å². The van der Waals surface area contributed by atoms with Gasteiger partial charge in [-0.2, -0.15) is 0 Å². The van der Waals surface area contributed by atoms with Crippen LogP contribution in [-0.4, -0.2) is 15.5 Å². The number of sulfonamides is 1. The van der Waals surface area contributed by atoms with Crippen LogP contribution in [0.15, 0.2) is 53.4 Å². The van der Waals surface area contributed by atoms with Gasteiger partial charge in [0.2, 0.25) is 10.0 Å². The Morgan fingerprint density at radius 3 is 2.45 bits per heavy atom. The highest BCUT2D eigenvalue weighted by Crippen LogP contribution is 2.22. The van der Waals surface area contributed by atoms with Gasteiger partial charge in [-0.15, -0.1) is 0 Å². The third kappa shape index (κ3) is 3.28. The van der Waals surface area contributed by atoms with Gasteiger partial charge in [0.1, 0.15) is 5.75 Å². The van der Waals surface area contributed by atoms with Crippen molar-refractivity contribution in [3.63, 3.8) is 0 Å². The number of nitrogens with one attached hydrogen (secondary N) is 1. The molecular weight excluding hydrogens is 276 g/mol. The minimum Gasteiger partial charge on any atom is -0.495 e. The average molecular weight is 292 g/mol. The summed E-state index contributed by atoms with van der Waals surface area (Å²) >= 11 is 0. The first-order valence-corrected chi connectivity index (χ1v) is 7.48. The van der Waals surface area contributed by atoms with E-state index in [-0.39, 0.29) is 11.4 Å². The summed E-state index contributed by atoms with van der Waals surface area (Å²) in [4.78, 5) is 0.237. The molecular formula is C14H16N2O3S. The lowest BCUT2D eigenvalue weighted by Gasteiger charge is -2.09. The quantitative estimate of drug-likeness (QED) is 0.823. The largest absolute Gasteiger partial charge is 0.495 e. The Morgan fingerprint density at radius 1 is 1.15 bits per heavy atom. The molecule has 0 fully saturated rings. The molecule has 0 aliphatic heterocycles. The monoisotopic (exact) mass is 292 g/mol. The van der Waals surface area contributed by atoms with E-state index in [0.29, 0.717) is 11.4 Å². The Labute approximate surface area is 118 Å². The Bertz CT molecular complexity index is 685. The van der Waals surface area contributed by atoms with Crippen LogP contribution in [0.3, 0.4) is 0 Å². The van der Waals surface area contributed by atoms with E-state index in [9.17, 15) is 8.42 Å². The number of benzene rings is 2. The molecule has 20 heavy (non-hydrogen) atoms. The van der Waals surface area contributed by atoms with Crippen molar-refractivity contribution in [2.24, 2.45) is 0 Å². The lowest BCUT2D eigenvalue weighted by atomic mass is 10.2. The normalized spacial score (nSPS) is 11.2. The Hall–Kier alpha value is -2.05. The fourth-order valence-electron chi connectivity index (χ4n) is 1.76. The lowest BCUT2D eigenvalue weighted by Crippen LogP contribution is -2.23. The first-order valence-electron chi connectivity index (χ1n) is 6.00. The van der Waals surface area contributed by atoms with Gasteiger partial charge in [0.25, 0.3) is 0 Å². The van der Waals surface area contributed by atoms with Crippen molar-refractivity contribution < 1.29 is 13.2 Å². The molecule has 2 rings (SSSR count). The maximum absolute atomic E-state index is 12.0. The van der Waals surface area contributed by atoms with Crippen molar-refractivity contribution >= 4 is 15.7 Å². The van der Waals surface area contributed by atoms with E-state index in [1.54, 1.807) is 48.5 Å².